The second-order valence-electron chi connectivity index (χ2n) is 7.36. The molecule has 0 spiro atoms. The number of nitrogens with one attached hydrogen (secondary N) is 1. The highest BCUT2D eigenvalue weighted by molar-refractivity contribution is 7.89. The van der Waals surface area contributed by atoms with Gasteiger partial charge in [0.25, 0.3) is 0 Å². The first-order valence-corrected chi connectivity index (χ1v) is 12.9. The summed E-state index contributed by atoms with van der Waals surface area (Å²) in [4.78, 5) is 0.204. The summed E-state index contributed by atoms with van der Waals surface area (Å²) in [5.74, 6) is 0. The smallest absolute Gasteiger partial charge is 0.211 e. The van der Waals surface area contributed by atoms with E-state index in [0.29, 0.717) is 19.5 Å². The molecule has 0 amide bonds. The van der Waals surface area contributed by atoms with Gasteiger partial charge < -0.3 is 0 Å². The Hall–Kier alpha value is -1.74. The molecule has 2 aromatic carbocycles. The highest BCUT2D eigenvalue weighted by Gasteiger charge is 2.25. The molecule has 158 valence electrons. The number of hydrogen-bond acceptors (Lipinski definition) is 4. The minimum atomic E-state index is -3.69. The maximum atomic E-state index is 12.8. The molecule has 3 rings (SSSR count). The van der Waals surface area contributed by atoms with E-state index in [-0.39, 0.29) is 16.3 Å². The van der Waals surface area contributed by atoms with Crippen LogP contribution in [0.25, 0.3) is 0 Å². The molecule has 8 heteroatoms. The normalized spacial score (nSPS) is 16.4. The Morgan fingerprint density at radius 2 is 1.41 bits per heavy atom. The molecule has 6 nitrogen and oxygen atoms in total. The van der Waals surface area contributed by atoms with Gasteiger partial charge in [-0.25, -0.2) is 21.6 Å². The van der Waals surface area contributed by atoms with E-state index >= 15 is 0 Å². The quantitative estimate of drug-likeness (QED) is 0.723. The van der Waals surface area contributed by atoms with Crippen LogP contribution in [0.5, 0.6) is 0 Å². The lowest BCUT2D eigenvalue weighted by Gasteiger charge is -2.20. The zero-order valence-corrected chi connectivity index (χ0v) is 18.3. The van der Waals surface area contributed by atoms with Crippen molar-refractivity contribution in [2.75, 3.05) is 19.6 Å². The van der Waals surface area contributed by atoms with Crippen LogP contribution in [-0.2, 0) is 26.5 Å². The number of rotatable bonds is 7. The van der Waals surface area contributed by atoms with Crippen LogP contribution in [0.15, 0.2) is 58.3 Å². The van der Waals surface area contributed by atoms with Crippen LogP contribution in [0.1, 0.15) is 36.8 Å². The van der Waals surface area contributed by atoms with Crippen LogP contribution in [0.4, 0.5) is 0 Å². The second-order valence-corrected chi connectivity index (χ2v) is 11.1. The minimum Gasteiger partial charge on any atom is -0.211 e. The van der Waals surface area contributed by atoms with E-state index < -0.39 is 20.0 Å². The van der Waals surface area contributed by atoms with Gasteiger partial charge in [-0.2, -0.15) is 4.31 Å². The van der Waals surface area contributed by atoms with Gasteiger partial charge in [-0.15, -0.1) is 0 Å². The fourth-order valence-corrected chi connectivity index (χ4v) is 6.06. The van der Waals surface area contributed by atoms with Gasteiger partial charge in [-0.1, -0.05) is 37.1 Å². The Balaban J connectivity index is 1.67. The zero-order chi connectivity index (χ0) is 20.9. The van der Waals surface area contributed by atoms with Crippen molar-refractivity contribution in [2.24, 2.45) is 0 Å². The van der Waals surface area contributed by atoms with Gasteiger partial charge in [-0.3, -0.25) is 0 Å². The first kappa shape index (κ1) is 22.0. The molecule has 0 atom stereocenters. The molecule has 1 heterocycles. The Morgan fingerprint density at radius 3 is 2.03 bits per heavy atom. The summed E-state index contributed by atoms with van der Waals surface area (Å²) in [5, 5.41) is 0. The molecule has 1 aliphatic rings. The molecule has 0 saturated carbocycles. The van der Waals surface area contributed by atoms with E-state index in [9.17, 15) is 16.8 Å². The van der Waals surface area contributed by atoms with E-state index in [0.717, 1.165) is 36.8 Å². The maximum absolute atomic E-state index is 12.8. The van der Waals surface area contributed by atoms with Crippen molar-refractivity contribution in [1.29, 1.82) is 0 Å². The predicted octanol–water partition coefficient (Wildman–Crippen LogP) is 3.08. The van der Waals surface area contributed by atoms with Crippen LogP contribution in [0, 0.1) is 6.92 Å². The molecule has 0 radical (unpaired) electrons. The monoisotopic (exact) mass is 436 g/mol. The predicted molar refractivity (Wildman–Crippen MR) is 114 cm³/mol. The van der Waals surface area contributed by atoms with Crippen molar-refractivity contribution in [2.45, 2.75) is 48.8 Å². The van der Waals surface area contributed by atoms with Gasteiger partial charge in [0, 0.05) is 19.6 Å². The molecule has 2 aromatic rings. The number of benzene rings is 2. The first-order valence-electron chi connectivity index (χ1n) is 9.95. The van der Waals surface area contributed by atoms with E-state index in [1.807, 2.05) is 31.2 Å². The lowest BCUT2D eigenvalue weighted by atomic mass is 10.1. The van der Waals surface area contributed by atoms with Crippen LogP contribution in [0.3, 0.4) is 0 Å². The molecule has 0 unspecified atom stereocenters. The van der Waals surface area contributed by atoms with Crippen LogP contribution in [-0.4, -0.2) is 40.8 Å². The van der Waals surface area contributed by atoms with E-state index in [4.69, 9.17) is 0 Å². The Bertz CT molecular complexity index is 1020. The topological polar surface area (TPSA) is 83.5 Å². The average Bonchev–Trinajstić information content (AvgIpc) is 3.00. The minimum absolute atomic E-state index is 0.0668. The fraction of sp³-hybridized carbons (Fsp3) is 0.429. The van der Waals surface area contributed by atoms with Gasteiger partial charge in [0.1, 0.15) is 0 Å². The van der Waals surface area contributed by atoms with Crippen molar-refractivity contribution < 1.29 is 16.8 Å². The summed E-state index contributed by atoms with van der Waals surface area (Å²) in [5.41, 5.74) is 2.21. The molecule has 29 heavy (non-hydrogen) atoms. The van der Waals surface area contributed by atoms with Gasteiger partial charge in [-0.05, 0) is 61.6 Å². The third-order valence-electron chi connectivity index (χ3n) is 5.28. The van der Waals surface area contributed by atoms with Gasteiger partial charge in [0.05, 0.1) is 9.79 Å². The summed E-state index contributed by atoms with van der Waals surface area (Å²) in [6.07, 6.45) is 4.38. The summed E-state index contributed by atoms with van der Waals surface area (Å²) in [6, 6.07) is 13.3. The van der Waals surface area contributed by atoms with Crippen molar-refractivity contribution in [3.8, 4) is 0 Å². The number of nitrogens with zero attached hydrogens (tertiary/aromatic N) is 1. The Morgan fingerprint density at radius 1 is 0.828 bits per heavy atom. The van der Waals surface area contributed by atoms with Crippen molar-refractivity contribution in [1.82, 2.24) is 9.03 Å². The van der Waals surface area contributed by atoms with E-state index in [2.05, 4.69) is 4.72 Å². The summed E-state index contributed by atoms with van der Waals surface area (Å²) < 4.78 is 54.8. The molecule has 1 N–H and O–H groups in total. The standard InChI is InChI=1S/C21H28N2O4S2/c1-18-8-4-5-9-19(18)14-15-22-28(24,25)20-10-12-21(13-11-20)29(26,27)23-16-6-2-3-7-17-23/h4-5,8-13,22H,2-3,6-7,14-17H2,1H3. The highest BCUT2D eigenvalue weighted by Crippen LogP contribution is 2.21. The second kappa shape index (κ2) is 9.38. The van der Waals surface area contributed by atoms with E-state index in [1.165, 1.54) is 28.6 Å². The number of hydrogen-bond donors (Lipinski definition) is 1. The van der Waals surface area contributed by atoms with Crippen LogP contribution >= 0.6 is 0 Å². The Kier molecular flexibility index (Phi) is 7.10. The lowest BCUT2D eigenvalue weighted by molar-refractivity contribution is 0.423. The van der Waals surface area contributed by atoms with Gasteiger partial charge in [0.15, 0.2) is 0 Å². The molecule has 1 saturated heterocycles. The molecule has 1 aliphatic heterocycles. The van der Waals surface area contributed by atoms with Crippen LogP contribution < -0.4 is 4.72 Å². The number of aryl methyl sites for hydroxylation is 1. The maximum Gasteiger partial charge on any atom is 0.243 e. The third kappa shape index (κ3) is 5.45. The third-order valence-corrected chi connectivity index (χ3v) is 8.67. The van der Waals surface area contributed by atoms with E-state index in [1.54, 1.807) is 0 Å². The molecular weight excluding hydrogens is 408 g/mol. The summed E-state index contributed by atoms with van der Waals surface area (Å²) >= 11 is 0. The fourth-order valence-electron chi connectivity index (χ4n) is 3.52. The molecule has 0 aliphatic carbocycles. The molecule has 1 fully saturated rings. The average molecular weight is 437 g/mol. The van der Waals surface area contributed by atoms with Crippen molar-refractivity contribution >= 4 is 20.0 Å². The highest BCUT2D eigenvalue weighted by atomic mass is 32.2. The number of sulfonamides is 2. The SMILES string of the molecule is Cc1ccccc1CCNS(=O)(=O)c1ccc(S(=O)(=O)N2CCCCCC2)cc1. The van der Waals surface area contributed by atoms with Crippen molar-refractivity contribution in [3.05, 3.63) is 59.7 Å². The lowest BCUT2D eigenvalue weighted by Crippen LogP contribution is -2.32. The Labute approximate surface area is 174 Å². The molecular formula is C21H28N2O4S2. The molecule has 0 aromatic heterocycles. The largest absolute Gasteiger partial charge is 0.243 e. The van der Waals surface area contributed by atoms with Gasteiger partial charge in [0.2, 0.25) is 20.0 Å². The molecule has 0 bridgehead atoms. The van der Waals surface area contributed by atoms with Crippen molar-refractivity contribution in [3.63, 3.8) is 0 Å². The zero-order valence-electron chi connectivity index (χ0n) is 16.7. The van der Waals surface area contributed by atoms with Gasteiger partial charge >= 0.3 is 0 Å². The first-order chi connectivity index (χ1) is 13.8. The summed E-state index contributed by atoms with van der Waals surface area (Å²) in [7, 11) is -7.28. The summed E-state index contributed by atoms with van der Waals surface area (Å²) in [6.45, 7) is 3.31. The van der Waals surface area contributed by atoms with Crippen LogP contribution in [0.2, 0.25) is 0 Å².